The number of aliphatic imine (C=N–C) groups is 1. The van der Waals surface area contributed by atoms with Crippen molar-refractivity contribution in [1.29, 1.82) is 0 Å². The first kappa shape index (κ1) is 18.2. The molecule has 0 aromatic heterocycles. The molecule has 5 heteroatoms. The van der Waals surface area contributed by atoms with E-state index in [4.69, 9.17) is 4.74 Å². The van der Waals surface area contributed by atoms with E-state index >= 15 is 0 Å². The van der Waals surface area contributed by atoms with E-state index < -0.39 is 0 Å². The van der Waals surface area contributed by atoms with Gasteiger partial charge in [0, 0.05) is 39.2 Å². The average molecular weight is 403 g/mol. The third-order valence-corrected chi connectivity index (χ3v) is 3.70. The minimum absolute atomic E-state index is 0. The number of benzene rings is 1. The van der Waals surface area contributed by atoms with Crippen LogP contribution in [0.1, 0.15) is 24.8 Å². The molecule has 0 spiro atoms. The van der Waals surface area contributed by atoms with Gasteiger partial charge in [-0.1, -0.05) is 30.3 Å². The van der Waals surface area contributed by atoms with E-state index in [2.05, 4.69) is 45.5 Å². The van der Waals surface area contributed by atoms with Gasteiger partial charge in [0.05, 0.1) is 6.61 Å². The smallest absolute Gasteiger partial charge is 0.193 e. The molecule has 1 saturated heterocycles. The second-order valence-electron chi connectivity index (χ2n) is 5.01. The van der Waals surface area contributed by atoms with Crippen LogP contribution in [0.3, 0.4) is 0 Å². The van der Waals surface area contributed by atoms with Gasteiger partial charge in [-0.2, -0.15) is 0 Å². The second kappa shape index (κ2) is 10.00. The normalized spacial score (nSPS) is 18.5. The summed E-state index contributed by atoms with van der Waals surface area (Å²) in [6.45, 7) is 6.42. The highest BCUT2D eigenvalue weighted by atomic mass is 127. The van der Waals surface area contributed by atoms with E-state index in [1.807, 2.05) is 14.0 Å². The highest BCUT2D eigenvalue weighted by Crippen LogP contribution is 2.26. The van der Waals surface area contributed by atoms with E-state index in [0.717, 1.165) is 38.8 Å². The maximum atomic E-state index is 5.35. The quantitative estimate of drug-likeness (QED) is 0.356. The predicted octanol–water partition coefficient (Wildman–Crippen LogP) is 2.71. The molecular formula is C16H26IN3O. The van der Waals surface area contributed by atoms with Crippen molar-refractivity contribution in [2.45, 2.75) is 19.3 Å². The van der Waals surface area contributed by atoms with Crippen molar-refractivity contribution < 1.29 is 4.74 Å². The van der Waals surface area contributed by atoms with Gasteiger partial charge in [-0.3, -0.25) is 4.99 Å². The third kappa shape index (κ3) is 5.47. The molecule has 1 atom stereocenters. The summed E-state index contributed by atoms with van der Waals surface area (Å²) >= 11 is 0. The largest absolute Gasteiger partial charge is 0.380 e. The Balaban J connectivity index is 0.00000220. The molecule has 118 valence electrons. The third-order valence-electron chi connectivity index (χ3n) is 3.70. The summed E-state index contributed by atoms with van der Waals surface area (Å²) in [5.41, 5.74) is 1.43. The molecule has 2 rings (SSSR count). The molecule has 1 aromatic rings. The van der Waals surface area contributed by atoms with Gasteiger partial charge < -0.3 is 15.0 Å². The van der Waals surface area contributed by atoms with E-state index in [1.165, 1.54) is 12.0 Å². The van der Waals surface area contributed by atoms with E-state index in [-0.39, 0.29) is 24.0 Å². The Hall–Kier alpha value is -0.820. The SMILES string of the molecule is CCOCCNC(=NC)N1CCC(c2ccccc2)C1.I. The molecule has 0 radical (unpaired) electrons. The number of hydrogen-bond donors (Lipinski definition) is 1. The summed E-state index contributed by atoms with van der Waals surface area (Å²) in [4.78, 5) is 6.71. The number of nitrogens with one attached hydrogen (secondary N) is 1. The summed E-state index contributed by atoms with van der Waals surface area (Å²) in [5, 5.41) is 3.37. The minimum atomic E-state index is 0. The maximum absolute atomic E-state index is 5.35. The van der Waals surface area contributed by atoms with Crippen LogP contribution in [0.15, 0.2) is 35.3 Å². The van der Waals surface area contributed by atoms with E-state index in [0.29, 0.717) is 5.92 Å². The van der Waals surface area contributed by atoms with Crippen molar-refractivity contribution in [3.05, 3.63) is 35.9 Å². The second-order valence-corrected chi connectivity index (χ2v) is 5.01. The Labute approximate surface area is 145 Å². The lowest BCUT2D eigenvalue weighted by Crippen LogP contribution is -2.41. The van der Waals surface area contributed by atoms with Crippen LogP contribution in [0.2, 0.25) is 0 Å². The molecule has 4 nitrogen and oxygen atoms in total. The number of rotatable bonds is 5. The number of likely N-dealkylation sites (tertiary alicyclic amines) is 1. The highest BCUT2D eigenvalue weighted by Gasteiger charge is 2.25. The zero-order valence-electron chi connectivity index (χ0n) is 12.9. The lowest BCUT2D eigenvalue weighted by atomic mass is 9.99. The zero-order chi connectivity index (χ0) is 14.2. The molecule has 1 aliphatic rings. The van der Waals surface area contributed by atoms with Crippen LogP contribution in [0.25, 0.3) is 0 Å². The Morgan fingerprint density at radius 1 is 1.38 bits per heavy atom. The van der Waals surface area contributed by atoms with Crippen molar-refractivity contribution in [1.82, 2.24) is 10.2 Å². The highest BCUT2D eigenvalue weighted by molar-refractivity contribution is 14.0. The monoisotopic (exact) mass is 403 g/mol. The predicted molar refractivity (Wildman–Crippen MR) is 98.6 cm³/mol. The van der Waals surface area contributed by atoms with Gasteiger partial charge in [0.1, 0.15) is 0 Å². The standard InChI is InChI=1S/C16H25N3O.HI/c1-3-20-12-10-18-16(17-2)19-11-9-15(13-19)14-7-5-4-6-8-14;/h4-8,15H,3,9-13H2,1-2H3,(H,17,18);1H. The van der Waals surface area contributed by atoms with Crippen LogP contribution in [-0.4, -0.2) is 50.8 Å². The van der Waals surface area contributed by atoms with Gasteiger partial charge in [-0.25, -0.2) is 0 Å². The number of guanidine groups is 1. The van der Waals surface area contributed by atoms with Crippen LogP contribution >= 0.6 is 24.0 Å². The Morgan fingerprint density at radius 2 is 2.14 bits per heavy atom. The molecule has 1 aromatic carbocycles. The lowest BCUT2D eigenvalue weighted by Gasteiger charge is -2.21. The fourth-order valence-corrected chi connectivity index (χ4v) is 2.66. The molecule has 1 N–H and O–H groups in total. The topological polar surface area (TPSA) is 36.9 Å². The average Bonchev–Trinajstić information content (AvgIpc) is 2.98. The number of hydrogen-bond acceptors (Lipinski definition) is 2. The fourth-order valence-electron chi connectivity index (χ4n) is 2.66. The van der Waals surface area contributed by atoms with Gasteiger partial charge in [-0.15, -0.1) is 24.0 Å². The maximum Gasteiger partial charge on any atom is 0.193 e. The Bertz CT molecular complexity index is 425. The molecule has 0 bridgehead atoms. The van der Waals surface area contributed by atoms with Crippen molar-refractivity contribution in [3.63, 3.8) is 0 Å². The van der Waals surface area contributed by atoms with E-state index in [9.17, 15) is 0 Å². The van der Waals surface area contributed by atoms with Crippen LogP contribution < -0.4 is 5.32 Å². The number of ether oxygens (including phenoxy) is 1. The summed E-state index contributed by atoms with van der Waals surface area (Å²) in [7, 11) is 1.85. The zero-order valence-corrected chi connectivity index (χ0v) is 15.2. The van der Waals surface area contributed by atoms with Crippen molar-refractivity contribution in [2.24, 2.45) is 4.99 Å². The molecule has 0 amide bonds. The van der Waals surface area contributed by atoms with Gasteiger partial charge in [0.2, 0.25) is 0 Å². The van der Waals surface area contributed by atoms with Crippen LogP contribution in [0, 0.1) is 0 Å². The molecule has 1 fully saturated rings. The van der Waals surface area contributed by atoms with Crippen LogP contribution in [0.5, 0.6) is 0 Å². The van der Waals surface area contributed by atoms with Gasteiger partial charge in [0.15, 0.2) is 5.96 Å². The number of halogens is 1. The minimum Gasteiger partial charge on any atom is -0.380 e. The number of nitrogens with zero attached hydrogens (tertiary/aromatic N) is 2. The molecule has 1 aliphatic heterocycles. The molecule has 0 saturated carbocycles. The Kier molecular flexibility index (Phi) is 8.68. The lowest BCUT2D eigenvalue weighted by molar-refractivity contribution is 0.152. The summed E-state index contributed by atoms with van der Waals surface area (Å²) in [6, 6.07) is 10.8. The van der Waals surface area contributed by atoms with Crippen molar-refractivity contribution in [3.8, 4) is 0 Å². The molecule has 1 unspecified atom stereocenters. The first-order valence-electron chi connectivity index (χ1n) is 7.43. The van der Waals surface area contributed by atoms with Crippen molar-refractivity contribution in [2.75, 3.05) is 39.9 Å². The molecule has 1 heterocycles. The van der Waals surface area contributed by atoms with Crippen molar-refractivity contribution >= 4 is 29.9 Å². The molecule has 0 aliphatic carbocycles. The summed E-state index contributed by atoms with van der Waals surface area (Å²) in [6.07, 6.45) is 1.19. The summed E-state index contributed by atoms with van der Waals surface area (Å²) in [5.74, 6) is 1.60. The Morgan fingerprint density at radius 3 is 2.81 bits per heavy atom. The van der Waals surface area contributed by atoms with Gasteiger partial charge >= 0.3 is 0 Å². The van der Waals surface area contributed by atoms with Gasteiger partial charge in [-0.05, 0) is 18.9 Å². The summed E-state index contributed by atoms with van der Waals surface area (Å²) < 4.78 is 5.35. The first-order valence-corrected chi connectivity index (χ1v) is 7.43. The first-order chi connectivity index (χ1) is 9.85. The molecular weight excluding hydrogens is 377 g/mol. The van der Waals surface area contributed by atoms with Crippen LogP contribution in [-0.2, 0) is 4.74 Å². The fraction of sp³-hybridized carbons (Fsp3) is 0.562. The van der Waals surface area contributed by atoms with Crippen LogP contribution in [0.4, 0.5) is 0 Å². The van der Waals surface area contributed by atoms with E-state index in [1.54, 1.807) is 0 Å². The molecule has 21 heavy (non-hydrogen) atoms. The van der Waals surface area contributed by atoms with Gasteiger partial charge in [0.25, 0.3) is 0 Å².